The summed E-state index contributed by atoms with van der Waals surface area (Å²) in [5.74, 6) is -0.215. The van der Waals surface area contributed by atoms with Crippen molar-refractivity contribution in [3.8, 4) is 0 Å². The van der Waals surface area contributed by atoms with Gasteiger partial charge in [0.2, 0.25) is 15.9 Å². The Hall–Kier alpha value is -1.32. The highest BCUT2D eigenvalue weighted by Crippen LogP contribution is 2.30. The van der Waals surface area contributed by atoms with Crippen LogP contribution in [0.1, 0.15) is 13.8 Å². The number of aromatic nitrogens is 1. The molecule has 0 unspecified atom stereocenters. The number of para-hydroxylation sites is 1. The molecular weight excluding hydrogens is 429 g/mol. The maximum Gasteiger partial charge on any atom is 0.244 e. The van der Waals surface area contributed by atoms with Crippen LogP contribution >= 0.6 is 35.0 Å². The summed E-state index contributed by atoms with van der Waals surface area (Å²) in [7, 11) is -3.55. The van der Waals surface area contributed by atoms with Crippen molar-refractivity contribution in [3.05, 3.63) is 46.6 Å². The molecule has 1 amide bonds. The smallest absolute Gasteiger partial charge is 0.244 e. The zero-order valence-corrected chi connectivity index (χ0v) is 17.9. The molecule has 0 atom stereocenters. The maximum atomic E-state index is 12.4. The Bertz CT molecular complexity index is 882. The van der Waals surface area contributed by atoms with Crippen molar-refractivity contribution in [1.82, 2.24) is 9.29 Å². The largest absolute Gasteiger partial charge is 0.323 e. The predicted molar refractivity (Wildman–Crippen MR) is 110 cm³/mol. The summed E-state index contributed by atoms with van der Waals surface area (Å²) in [4.78, 5) is 16.4. The molecule has 0 fully saturated rings. The molecule has 1 N–H and O–H groups in total. The van der Waals surface area contributed by atoms with Crippen LogP contribution in [0, 0.1) is 0 Å². The molecule has 2 aromatic rings. The molecule has 1 aromatic heterocycles. The van der Waals surface area contributed by atoms with Crippen molar-refractivity contribution < 1.29 is 13.2 Å². The summed E-state index contributed by atoms with van der Waals surface area (Å²) in [6.45, 7) is 4.34. The number of sulfonamides is 1. The van der Waals surface area contributed by atoms with Crippen molar-refractivity contribution in [2.45, 2.75) is 23.8 Å². The van der Waals surface area contributed by atoms with E-state index in [0.29, 0.717) is 33.8 Å². The van der Waals surface area contributed by atoms with E-state index in [-0.39, 0.29) is 16.6 Å². The Balaban J connectivity index is 2.00. The second-order valence-corrected chi connectivity index (χ2v) is 9.10. The first-order chi connectivity index (χ1) is 12.8. The Morgan fingerprint density at radius 1 is 1.15 bits per heavy atom. The summed E-state index contributed by atoms with van der Waals surface area (Å²) in [6.07, 6.45) is 1.30. The molecule has 0 bridgehead atoms. The highest BCUT2D eigenvalue weighted by molar-refractivity contribution is 7.99. The summed E-state index contributed by atoms with van der Waals surface area (Å²) in [6, 6.07) is 8.02. The zero-order chi connectivity index (χ0) is 20.0. The summed E-state index contributed by atoms with van der Waals surface area (Å²) in [5, 5.41) is 3.90. The fourth-order valence-corrected chi connectivity index (χ4v) is 4.79. The van der Waals surface area contributed by atoms with E-state index in [4.69, 9.17) is 23.2 Å². The van der Waals surface area contributed by atoms with Gasteiger partial charge in [0.25, 0.3) is 0 Å². The number of benzene rings is 1. The number of hydrogen-bond acceptors (Lipinski definition) is 5. The Labute approximate surface area is 173 Å². The van der Waals surface area contributed by atoms with Crippen LogP contribution < -0.4 is 5.32 Å². The number of carbonyl (C=O) groups excluding carboxylic acids is 1. The van der Waals surface area contributed by atoms with Crippen molar-refractivity contribution >= 4 is 56.6 Å². The van der Waals surface area contributed by atoms with Gasteiger partial charge >= 0.3 is 0 Å². The number of amides is 1. The van der Waals surface area contributed by atoms with Gasteiger partial charge in [-0.25, -0.2) is 13.4 Å². The van der Waals surface area contributed by atoms with Crippen LogP contribution in [0.2, 0.25) is 10.0 Å². The van der Waals surface area contributed by atoms with Crippen molar-refractivity contribution in [3.63, 3.8) is 0 Å². The molecule has 1 heterocycles. The van der Waals surface area contributed by atoms with Gasteiger partial charge in [0.1, 0.15) is 4.90 Å². The van der Waals surface area contributed by atoms with Crippen LogP contribution in [0.3, 0.4) is 0 Å². The lowest BCUT2D eigenvalue weighted by Crippen LogP contribution is -2.30. The number of carbonyl (C=O) groups is 1. The van der Waals surface area contributed by atoms with Gasteiger partial charge in [0, 0.05) is 19.3 Å². The number of rotatable bonds is 8. The highest BCUT2D eigenvalue weighted by atomic mass is 35.5. The first-order valence-electron chi connectivity index (χ1n) is 8.12. The lowest BCUT2D eigenvalue weighted by atomic mass is 10.3. The molecule has 0 saturated carbocycles. The molecule has 0 spiro atoms. The van der Waals surface area contributed by atoms with Gasteiger partial charge in [-0.1, -0.05) is 54.9 Å². The summed E-state index contributed by atoms with van der Waals surface area (Å²) in [5.41, 5.74) is 0.361. The van der Waals surface area contributed by atoms with E-state index in [2.05, 4.69) is 10.3 Å². The highest BCUT2D eigenvalue weighted by Gasteiger charge is 2.21. The second kappa shape index (κ2) is 9.75. The Morgan fingerprint density at radius 3 is 2.30 bits per heavy atom. The summed E-state index contributed by atoms with van der Waals surface area (Å²) < 4.78 is 26.2. The van der Waals surface area contributed by atoms with Crippen LogP contribution in [0.5, 0.6) is 0 Å². The normalized spacial score (nSPS) is 11.6. The zero-order valence-electron chi connectivity index (χ0n) is 14.8. The van der Waals surface area contributed by atoms with Crippen molar-refractivity contribution in [2.24, 2.45) is 0 Å². The monoisotopic (exact) mass is 447 g/mol. The van der Waals surface area contributed by atoms with Gasteiger partial charge in [-0.05, 0) is 24.3 Å². The molecule has 6 nitrogen and oxygen atoms in total. The quantitative estimate of drug-likeness (QED) is 0.614. The average Bonchev–Trinajstić information content (AvgIpc) is 2.64. The first kappa shape index (κ1) is 22.0. The number of thioether (sulfide) groups is 1. The number of pyridine rings is 1. The lowest BCUT2D eigenvalue weighted by Gasteiger charge is -2.18. The van der Waals surface area contributed by atoms with Crippen LogP contribution in [0.4, 0.5) is 5.69 Å². The van der Waals surface area contributed by atoms with Gasteiger partial charge < -0.3 is 5.32 Å². The third kappa shape index (κ3) is 5.58. The molecule has 0 saturated heterocycles. The van der Waals surface area contributed by atoms with Gasteiger partial charge in [-0.15, -0.1) is 0 Å². The summed E-state index contributed by atoms with van der Waals surface area (Å²) >= 11 is 13.2. The minimum atomic E-state index is -3.55. The van der Waals surface area contributed by atoms with E-state index in [1.54, 1.807) is 38.1 Å². The molecule has 10 heteroatoms. The van der Waals surface area contributed by atoms with E-state index in [9.17, 15) is 13.2 Å². The second-order valence-electron chi connectivity index (χ2n) is 5.35. The molecule has 2 rings (SSSR count). The first-order valence-corrected chi connectivity index (χ1v) is 11.3. The fraction of sp³-hybridized carbons (Fsp3) is 0.294. The van der Waals surface area contributed by atoms with E-state index in [1.165, 1.54) is 28.3 Å². The van der Waals surface area contributed by atoms with E-state index >= 15 is 0 Å². The van der Waals surface area contributed by atoms with Crippen molar-refractivity contribution in [1.29, 1.82) is 0 Å². The van der Waals surface area contributed by atoms with Crippen LogP contribution in [0.15, 0.2) is 46.5 Å². The number of anilines is 1. The topological polar surface area (TPSA) is 79.4 Å². The number of halogens is 2. The molecule has 27 heavy (non-hydrogen) atoms. The van der Waals surface area contributed by atoms with Gasteiger partial charge in [0.05, 0.1) is 26.5 Å². The Morgan fingerprint density at radius 2 is 1.78 bits per heavy atom. The molecule has 1 aromatic carbocycles. The average molecular weight is 448 g/mol. The van der Waals surface area contributed by atoms with E-state index < -0.39 is 10.0 Å². The standard InChI is InChI=1S/C17H19Cl2N3O3S2/c1-3-22(4-2)27(24,25)12-8-9-16(20-10-12)26-11-15(23)21-17-13(18)6-5-7-14(17)19/h5-10H,3-4,11H2,1-2H3,(H,21,23). The molecule has 0 aliphatic carbocycles. The van der Waals surface area contributed by atoms with E-state index in [1.807, 2.05) is 0 Å². The molecule has 0 radical (unpaired) electrons. The third-order valence-electron chi connectivity index (χ3n) is 3.63. The lowest BCUT2D eigenvalue weighted by molar-refractivity contribution is -0.113. The number of nitrogens with one attached hydrogen (secondary N) is 1. The van der Waals surface area contributed by atoms with Crippen molar-refractivity contribution in [2.75, 3.05) is 24.2 Å². The van der Waals surface area contributed by atoms with Crippen LogP contribution in [-0.4, -0.2) is 42.5 Å². The minimum Gasteiger partial charge on any atom is -0.323 e. The molecule has 0 aliphatic heterocycles. The molecular formula is C17H19Cl2N3O3S2. The number of hydrogen-bond donors (Lipinski definition) is 1. The predicted octanol–water partition coefficient (Wildman–Crippen LogP) is 4.15. The third-order valence-corrected chi connectivity index (χ3v) is 7.24. The Kier molecular flexibility index (Phi) is 7.93. The minimum absolute atomic E-state index is 0.0801. The van der Waals surface area contributed by atoms with E-state index in [0.717, 1.165) is 0 Å². The maximum absolute atomic E-state index is 12.4. The van der Waals surface area contributed by atoms with Crippen LogP contribution in [-0.2, 0) is 14.8 Å². The van der Waals surface area contributed by atoms with Gasteiger partial charge in [-0.2, -0.15) is 4.31 Å². The SMILES string of the molecule is CCN(CC)S(=O)(=O)c1ccc(SCC(=O)Nc2c(Cl)cccc2Cl)nc1. The molecule has 0 aliphatic rings. The van der Waals surface area contributed by atoms with Crippen LogP contribution in [0.25, 0.3) is 0 Å². The fourth-order valence-electron chi connectivity index (χ4n) is 2.25. The van der Waals surface area contributed by atoms with Gasteiger partial charge in [0.15, 0.2) is 0 Å². The molecule has 146 valence electrons. The number of nitrogens with zero attached hydrogens (tertiary/aromatic N) is 2. The van der Waals surface area contributed by atoms with Gasteiger partial charge in [-0.3, -0.25) is 4.79 Å².